The lowest BCUT2D eigenvalue weighted by molar-refractivity contribution is 0.0713. The zero-order valence-corrected chi connectivity index (χ0v) is 16.3. The molecule has 0 bridgehead atoms. The quantitative estimate of drug-likeness (QED) is 0.607. The number of oxime groups is 1. The van der Waals surface area contributed by atoms with Gasteiger partial charge < -0.3 is 14.3 Å². The SMILES string of the molecule is CO/N=C1\CC(c2nc(C)no2)N(C(=O)c2ccc(-c3ccc(F)cc3F)cc2)C1. The number of aryl methyl sites for hydroxylation is 1. The number of carbonyl (C=O) groups excluding carboxylic acids is 1. The molecule has 1 unspecified atom stereocenters. The van der Waals surface area contributed by atoms with E-state index < -0.39 is 17.7 Å². The fraction of sp³-hybridized carbons (Fsp3) is 0.238. The summed E-state index contributed by atoms with van der Waals surface area (Å²) in [5.41, 5.74) is 1.87. The third-order valence-corrected chi connectivity index (χ3v) is 4.84. The van der Waals surface area contributed by atoms with Gasteiger partial charge in [-0.15, -0.1) is 0 Å². The molecule has 154 valence electrons. The summed E-state index contributed by atoms with van der Waals surface area (Å²) in [5.74, 6) is -0.774. The summed E-state index contributed by atoms with van der Waals surface area (Å²) in [6, 6.07) is 9.36. The minimum absolute atomic E-state index is 0.255. The standard InChI is InChI=1S/C21H18F2N4O3/c1-12-24-20(30-25-12)19-10-16(26-29-2)11-27(19)21(28)14-5-3-13(4-6-14)17-8-7-15(22)9-18(17)23/h3-9,19H,10-11H2,1-2H3/b26-16+. The van der Waals surface area contributed by atoms with E-state index in [1.165, 1.54) is 19.2 Å². The summed E-state index contributed by atoms with van der Waals surface area (Å²) in [5, 5.41) is 7.76. The Labute approximate surface area is 170 Å². The summed E-state index contributed by atoms with van der Waals surface area (Å²) in [6.45, 7) is 1.96. The van der Waals surface area contributed by atoms with E-state index in [-0.39, 0.29) is 18.0 Å². The zero-order valence-electron chi connectivity index (χ0n) is 16.3. The summed E-state index contributed by atoms with van der Waals surface area (Å²) in [4.78, 5) is 23.8. The van der Waals surface area contributed by atoms with Crippen molar-refractivity contribution in [3.63, 3.8) is 0 Å². The van der Waals surface area contributed by atoms with E-state index in [4.69, 9.17) is 9.36 Å². The van der Waals surface area contributed by atoms with Crippen LogP contribution >= 0.6 is 0 Å². The molecular formula is C21H18F2N4O3. The average molecular weight is 412 g/mol. The Morgan fingerprint density at radius 3 is 2.63 bits per heavy atom. The van der Waals surface area contributed by atoms with Gasteiger partial charge in [-0.3, -0.25) is 4.79 Å². The third kappa shape index (κ3) is 3.78. The van der Waals surface area contributed by atoms with Gasteiger partial charge >= 0.3 is 0 Å². The van der Waals surface area contributed by atoms with Crippen LogP contribution in [0.1, 0.15) is 34.5 Å². The van der Waals surface area contributed by atoms with Crippen LogP contribution in [0, 0.1) is 18.6 Å². The molecule has 1 saturated heterocycles. The molecule has 1 fully saturated rings. The lowest BCUT2D eigenvalue weighted by Crippen LogP contribution is -2.31. The number of carbonyl (C=O) groups is 1. The molecule has 1 aliphatic heterocycles. The van der Waals surface area contributed by atoms with Crippen LogP contribution in [0.2, 0.25) is 0 Å². The van der Waals surface area contributed by atoms with Crippen molar-refractivity contribution in [1.29, 1.82) is 0 Å². The Morgan fingerprint density at radius 1 is 1.23 bits per heavy atom. The predicted molar refractivity (Wildman–Crippen MR) is 104 cm³/mol. The van der Waals surface area contributed by atoms with Crippen LogP contribution in [0.4, 0.5) is 8.78 Å². The number of hydrogen-bond acceptors (Lipinski definition) is 6. The second-order valence-corrected chi connectivity index (χ2v) is 6.87. The van der Waals surface area contributed by atoms with Crippen molar-refractivity contribution >= 4 is 11.6 Å². The molecule has 3 aromatic rings. The van der Waals surface area contributed by atoms with Gasteiger partial charge in [-0.05, 0) is 36.8 Å². The molecule has 1 aliphatic rings. The first kappa shape index (κ1) is 19.7. The molecule has 1 aromatic heterocycles. The van der Waals surface area contributed by atoms with Crippen molar-refractivity contribution in [3.8, 4) is 11.1 Å². The average Bonchev–Trinajstić information content (AvgIpc) is 3.34. The molecule has 0 N–H and O–H groups in total. The van der Waals surface area contributed by atoms with E-state index in [0.29, 0.717) is 35.0 Å². The topological polar surface area (TPSA) is 80.8 Å². The molecule has 1 amide bonds. The van der Waals surface area contributed by atoms with Gasteiger partial charge in [0.2, 0.25) is 5.89 Å². The van der Waals surface area contributed by atoms with Gasteiger partial charge in [-0.2, -0.15) is 4.98 Å². The minimum atomic E-state index is -0.666. The van der Waals surface area contributed by atoms with Gasteiger partial charge in [0.05, 0.1) is 12.3 Å². The molecule has 2 aromatic carbocycles. The van der Waals surface area contributed by atoms with Gasteiger partial charge in [0.25, 0.3) is 5.91 Å². The summed E-state index contributed by atoms with van der Waals surface area (Å²) < 4.78 is 32.4. The fourth-order valence-corrected chi connectivity index (χ4v) is 3.46. The van der Waals surface area contributed by atoms with E-state index >= 15 is 0 Å². The smallest absolute Gasteiger partial charge is 0.254 e. The zero-order chi connectivity index (χ0) is 21.3. The van der Waals surface area contributed by atoms with Crippen molar-refractivity contribution < 1.29 is 22.9 Å². The second-order valence-electron chi connectivity index (χ2n) is 6.87. The molecule has 30 heavy (non-hydrogen) atoms. The maximum Gasteiger partial charge on any atom is 0.254 e. The van der Waals surface area contributed by atoms with Gasteiger partial charge in [-0.25, -0.2) is 8.78 Å². The van der Waals surface area contributed by atoms with Crippen LogP contribution in [-0.4, -0.2) is 40.3 Å². The molecule has 0 aliphatic carbocycles. The van der Waals surface area contributed by atoms with Crippen LogP contribution in [0.15, 0.2) is 52.1 Å². The molecule has 0 radical (unpaired) electrons. The highest BCUT2D eigenvalue weighted by Crippen LogP contribution is 2.32. The molecule has 2 heterocycles. The van der Waals surface area contributed by atoms with Crippen LogP contribution in [0.25, 0.3) is 11.1 Å². The molecule has 0 spiro atoms. The van der Waals surface area contributed by atoms with Crippen LogP contribution in [-0.2, 0) is 4.84 Å². The van der Waals surface area contributed by atoms with Crippen molar-refractivity contribution in [2.75, 3.05) is 13.7 Å². The first-order valence-electron chi connectivity index (χ1n) is 9.22. The van der Waals surface area contributed by atoms with Crippen LogP contribution in [0.3, 0.4) is 0 Å². The van der Waals surface area contributed by atoms with E-state index in [1.807, 2.05) is 0 Å². The molecule has 1 atom stereocenters. The number of benzene rings is 2. The Balaban J connectivity index is 1.61. The van der Waals surface area contributed by atoms with Gasteiger partial charge in [0, 0.05) is 23.6 Å². The van der Waals surface area contributed by atoms with Crippen LogP contribution < -0.4 is 0 Å². The molecule has 4 rings (SSSR count). The lowest BCUT2D eigenvalue weighted by Gasteiger charge is -2.21. The Bertz CT molecular complexity index is 1110. The second kappa shape index (κ2) is 8.02. The number of hydrogen-bond donors (Lipinski definition) is 0. The van der Waals surface area contributed by atoms with Gasteiger partial charge in [-0.1, -0.05) is 22.4 Å². The van der Waals surface area contributed by atoms with Crippen molar-refractivity contribution in [2.45, 2.75) is 19.4 Å². The molecular weight excluding hydrogens is 394 g/mol. The minimum Gasteiger partial charge on any atom is -0.399 e. The van der Waals surface area contributed by atoms with E-state index in [9.17, 15) is 13.6 Å². The summed E-state index contributed by atoms with van der Waals surface area (Å²) >= 11 is 0. The highest BCUT2D eigenvalue weighted by molar-refractivity contribution is 6.00. The number of aromatic nitrogens is 2. The number of halogens is 2. The van der Waals surface area contributed by atoms with E-state index in [0.717, 1.165) is 6.07 Å². The first-order valence-corrected chi connectivity index (χ1v) is 9.22. The lowest BCUT2D eigenvalue weighted by atomic mass is 10.0. The largest absolute Gasteiger partial charge is 0.399 e. The highest BCUT2D eigenvalue weighted by Gasteiger charge is 2.38. The molecule has 0 saturated carbocycles. The Hall–Kier alpha value is -3.62. The highest BCUT2D eigenvalue weighted by atomic mass is 19.1. The fourth-order valence-electron chi connectivity index (χ4n) is 3.46. The normalized spacial score (nSPS) is 17.5. The van der Waals surface area contributed by atoms with Crippen molar-refractivity contribution in [1.82, 2.24) is 15.0 Å². The van der Waals surface area contributed by atoms with Gasteiger partial charge in [0.1, 0.15) is 24.8 Å². The predicted octanol–water partition coefficient (Wildman–Crippen LogP) is 3.91. The maximum absolute atomic E-state index is 14.0. The number of nitrogens with zero attached hydrogens (tertiary/aromatic N) is 4. The Kier molecular flexibility index (Phi) is 5.26. The van der Waals surface area contributed by atoms with Crippen LogP contribution in [0.5, 0.6) is 0 Å². The molecule has 9 heteroatoms. The first-order chi connectivity index (χ1) is 14.5. The number of rotatable bonds is 4. The van der Waals surface area contributed by atoms with Crippen molar-refractivity contribution in [2.24, 2.45) is 5.16 Å². The van der Waals surface area contributed by atoms with E-state index in [2.05, 4.69) is 15.3 Å². The van der Waals surface area contributed by atoms with E-state index in [1.54, 1.807) is 36.1 Å². The molecule has 7 nitrogen and oxygen atoms in total. The maximum atomic E-state index is 14.0. The van der Waals surface area contributed by atoms with Crippen molar-refractivity contribution in [3.05, 3.63) is 71.4 Å². The summed E-state index contributed by atoms with van der Waals surface area (Å²) in [7, 11) is 1.44. The number of amides is 1. The Morgan fingerprint density at radius 2 is 2.00 bits per heavy atom. The third-order valence-electron chi connectivity index (χ3n) is 4.84. The monoisotopic (exact) mass is 412 g/mol. The van der Waals surface area contributed by atoms with Gasteiger partial charge in [0.15, 0.2) is 5.82 Å². The number of likely N-dealkylation sites (tertiary alicyclic amines) is 1. The summed E-state index contributed by atoms with van der Waals surface area (Å²) in [6.07, 6.45) is 0.417.